The van der Waals surface area contributed by atoms with E-state index in [1.54, 1.807) is 0 Å². The Morgan fingerprint density at radius 1 is 0.857 bits per heavy atom. The minimum atomic E-state index is 0.384. The van der Waals surface area contributed by atoms with Crippen molar-refractivity contribution in [2.75, 3.05) is 0 Å². The Morgan fingerprint density at radius 2 is 1.57 bits per heavy atom. The zero-order valence-electron chi connectivity index (χ0n) is 13.5. The lowest BCUT2D eigenvalue weighted by Gasteiger charge is -2.15. The normalized spacial score (nSPS) is 12.4. The summed E-state index contributed by atoms with van der Waals surface area (Å²) < 4.78 is 0. The molecule has 0 aliphatic heterocycles. The molecule has 112 valence electrons. The maximum absolute atomic E-state index is 3.89. The predicted octanol–water partition coefficient (Wildman–Crippen LogP) is 6.11. The van der Waals surface area contributed by atoms with Gasteiger partial charge in [-0.15, -0.1) is 0 Å². The summed E-state index contributed by atoms with van der Waals surface area (Å²) in [5.74, 6) is 0. The van der Waals surface area contributed by atoms with Gasteiger partial charge in [0.1, 0.15) is 0 Å². The fraction of sp³-hybridized carbons (Fsp3) is 0.400. The number of hydrogen-bond donors (Lipinski definition) is 0. The van der Waals surface area contributed by atoms with Crippen LogP contribution in [0.15, 0.2) is 36.4 Å². The van der Waals surface area contributed by atoms with Crippen LogP contribution in [0, 0.1) is 13.8 Å². The molecule has 0 aliphatic rings. The van der Waals surface area contributed by atoms with E-state index in [1.807, 2.05) is 0 Å². The van der Waals surface area contributed by atoms with Crippen molar-refractivity contribution in [3.05, 3.63) is 69.8 Å². The molecule has 1 heteroatoms. The molecule has 0 fully saturated rings. The number of aryl methyl sites for hydroxylation is 4. The van der Waals surface area contributed by atoms with Crippen LogP contribution in [0.1, 0.15) is 52.1 Å². The van der Waals surface area contributed by atoms with E-state index in [9.17, 15) is 0 Å². The molecular formula is C20H25Br. The van der Waals surface area contributed by atoms with E-state index < -0.39 is 0 Å². The molecule has 2 aromatic carbocycles. The smallest absolute Gasteiger partial charge is 0.0435 e. The zero-order valence-corrected chi connectivity index (χ0v) is 15.1. The highest BCUT2D eigenvalue weighted by Gasteiger charge is 2.12. The Hall–Kier alpha value is -1.08. The van der Waals surface area contributed by atoms with Crippen molar-refractivity contribution in [2.45, 2.75) is 51.8 Å². The van der Waals surface area contributed by atoms with E-state index >= 15 is 0 Å². The Morgan fingerprint density at radius 3 is 2.24 bits per heavy atom. The highest BCUT2D eigenvalue weighted by Crippen LogP contribution is 2.30. The Balaban J connectivity index is 2.24. The lowest BCUT2D eigenvalue weighted by molar-refractivity contribution is 0.924. The van der Waals surface area contributed by atoms with Crippen molar-refractivity contribution in [3.63, 3.8) is 0 Å². The molecule has 0 nitrogen and oxygen atoms in total. The summed E-state index contributed by atoms with van der Waals surface area (Å²) >= 11 is 3.89. The molecule has 0 bridgehead atoms. The maximum atomic E-state index is 3.89. The van der Waals surface area contributed by atoms with Gasteiger partial charge in [0, 0.05) is 4.83 Å². The van der Waals surface area contributed by atoms with Gasteiger partial charge >= 0.3 is 0 Å². The van der Waals surface area contributed by atoms with Crippen LogP contribution in [0.4, 0.5) is 0 Å². The maximum Gasteiger partial charge on any atom is 0.0435 e. The first-order chi connectivity index (χ1) is 10.0. The highest BCUT2D eigenvalue weighted by atomic mass is 79.9. The average molecular weight is 345 g/mol. The molecule has 2 aromatic rings. The van der Waals surface area contributed by atoms with Crippen molar-refractivity contribution in [1.29, 1.82) is 0 Å². The summed E-state index contributed by atoms with van der Waals surface area (Å²) in [6, 6.07) is 13.7. The fourth-order valence-electron chi connectivity index (χ4n) is 2.85. The number of rotatable bonds is 5. The van der Waals surface area contributed by atoms with E-state index in [4.69, 9.17) is 0 Å². The third kappa shape index (κ3) is 3.97. The van der Waals surface area contributed by atoms with E-state index in [2.05, 4.69) is 80.0 Å². The second-order valence-electron chi connectivity index (χ2n) is 5.84. The van der Waals surface area contributed by atoms with E-state index in [1.165, 1.54) is 33.4 Å². The molecule has 0 heterocycles. The number of hydrogen-bond acceptors (Lipinski definition) is 0. The molecule has 0 saturated heterocycles. The average Bonchev–Trinajstić information content (AvgIpc) is 2.50. The molecule has 21 heavy (non-hydrogen) atoms. The van der Waals surface area contributed by atoms with Gasteiger partial charge in [-0.1, -0.05) is 71.7 Å². The molecule has 1 atom stereocenters. The largest absolute Gasteiger partial charge is 0.0835 e. The van der Waals surface area contributed by atoms with Crippen LogP contribution >= 0.6 is 15.9 Å². The van der Waals surface area contributed by atoms with Crippen molar-refractivity contribution in [2.24, 2.45) is 0 Å². The van der Waals surface area contributed by atoms with Gasteiger partial charge in [0.2, 0.25) is 0 Å². The van der Waals surface area contributed by atoms with Gasteiger partial charge in [-0.25, -0.2) is 0 Å². The second-order valence-corrected chi connectivity index (χ2v) is 6.94. The van der Waals surface area contributed by atoms with Gasteiger partial charge in [-0.05, 0) is 60.9 Å². The zero-order chi connectivity index (χ0) is 15.4. The molecule has 0 aromatic heterocycles. The van der Waals surface area contributed by atoms with Crippen molar-refractivity contribution < 1.29 is 0 Å². The van der Waals surface area contributed by atoms with Gasteiger partial charge in [-0.2, -0.15) is 0 Å². The Kier molecular flexibility index (Phi) is 5.64. The van der Waals surface area contributed by atoms with Gasteiger partial charge in [0.25, 0.3) is 0 Å². The molecule has 0 spiro atoms. The molecule has 0 radical (unpaired) electrons. The first-order valence-corrected chi connectivity index (χ1v) is 8.78. The molecule has 0 N–H and O–H groups in total. The van der Waals surface area contributed by atoms with Crippen LogP contribution in [0.2, 0.25) is 0 Å². The predicted molar refractivity (Wildman–Crippen MR) is 96.5 cm³/mol. The molecular weight excluding hydrogens is 320 g/mol. The van der Waals surface area contributed by atoms with Crippen molar-refractivity contribution in [1.82, 2.24) is 0 Å². The van der Waals surface area contributed by atoms with Crippen LogP contribution in [0.3, 0.4) is 0 Å². The lowest BCUT2D eigenvalue weighted by atomic mass is 9.95. The monoisotopic (exact) mass is 344 g/mol. The van der Waals surface area contributed by atoms with Crippen LogP contribution in [-0.4, -0.2) is 0 Å². The van der Waals surface area contributed by atoms with E-state index in [-0.39, 0.29) is 0 Å². The first-order valence-electron chi connectivity index (χ1n) is 7.87. The van der Waals surface area contributed by atoms with Crippen molar-refractivity contribution in [3.8, 4) is 0 Å². The Bertz CT molecular complexity index is 613. The summed E-state index contributed by atoms with van der Waals surface area (Å²) in [5.41, 5.74) is 8.52. The minimum absolute atomic E-state index is 0.384. The standard InChI is InChI=1S/C20H25Br/c1-5-16-9-10-18(12-17(16)6-2)20(21)13-19-11-14(3)7-8-15(19)4/h7-12,20H,5-6,13H2,1-4H3. The van der Waals surface area contributed by atoms with Crippen LogP contribution < -0.4 is 0 Å². The SMILES string of the molecule is CCc1ccc(C(Br)Cc2cc(C)ccc2C)cc1CC. The topological polar surface area (TPSA) is 0 Å². The fourth-order valence-corrected chi connectivity index (χ4v) is 3.48. The number of alkyl halides is 1. The lowest BCUT2D eigenvalue weighted by Crippen LogP contribution is -2.00. The van der Waals surface area contributed by atoms with Crippen LogP contribution in [-0.2, 0) is 19.3 Å². The van der Waals surface area contributed by atoms with Crippen LogP contribution in [0.25, 0.3) is 0 Å². The minimum Gasteiger partial charge on any atom is -0.0835 e. The molecule has 0 saturated carbocycles. The summed E-state index contributed by atoms with van der Waals surface area (Å²) in [6.45, 7) is 8.84. The molecule has 0 aliphatic carbocycles. The summed E-state index contributed by atoms with van der Waals surface area (Å²) in [5, 5.41) is 0. The quantitative estimate of drug-likeness (QED) is 0.574. The highest BCUT2D eigenvalue weighted by molar-refractivity contribution is 9.09. The van der Waals surface area contributed by atoms with Gasteiger partial charge in [0.05, 0.1) is 0 Å². The van der Waals surface area contributed by atoms with E-state index in [0.717, 1.165) is 19.3 Å². The molecule has 0 amide bonds. The summed E-state index contributed by atoms with van der Waals surface area (Å²) in [4.78, 5) is 0.384. The number of benzene rings is 2. The van der Waals surface area contributed by atoms with E-state index in [0.29, 0.717) is 4.83 Å². The summed E-state index contributed by atoms with van der Waals surface area (Å²) in [7, 11) is 0. The third-order valence-electron chi connectivity index (χ3n) is 4.26. The van der Waals surface area contributed by atoms with Gasteiger partial charge in [-0.3, -0.25) is 0 Å². The second kappa shape index (κ2) is 7.26. The van der Waals surface area contributed by atoms with Gasteiger partial charge in [0.15, 0.2) is 0 Å². The summed E-state index contributed by atoms with van der Waals surface area (Å²) in [6.07, 6.45) is 3.27. The van der Waals surface area contributed by atoms with Crippen LogP contribution in [0.5, 0.6) is 0 Å². The van der Waals surface area contributed by atoms with Gasteiger partial charge < -0.3 is 0 Å². The molecule has 2 rings (SSSR count). The van der Waals surface area contributed by atoms with Crippen molar-refractivity contribution >= 4 is 15.9 Å². The Labute approximate surface area is 137 Å². The third-order valence-corrected chi connectivity index (χ3v) is 5.11. The first kappa shape index (κ1) is 16.3. The molecule has 1 unspecified atom stereocenters. The number of halogens is 1.